The van der Waals surface area contributed by atoms with Crippen LogP contribution >= 0.6 is 0 Å². The molecule has 1 fully saturated rings. The van der Waals surface area contributed by atoms with Crippen LogP contribution in [0.15, 0.2) is 29.2 Å². The lowest BCUT2D eigenvalue weighted by molar-refractivity contribution is 0.457. The van der Waals surface area contributed by atoms with E-state index in [1.807, 2.05) is 19.1 Å². The molecular formula is C15H23NO2S. The summed E-state index contributed by atoms with van der Waals surface area (Å²) in [6.45, 7) is 11.1. The third kappa shape index (κ3) is 2.32. The molecule has 0 unspecified atom stereocenters. The van der Waals surface area contributed by atoms with Gasteiger partial charge >= 0.3 is 0 Å². The summed E-state index contributed by atoms with van der Waals surface area (Å²) in [4.78, 5) is 0.381. The van der Waals surface area contributed by atoms with Crippen LogP contribution in [0.2, 0.25) is 0 Å². The fourth-order valence-electron chi connectivity index (χ4n) is 2.97. The Morgan fingerprint density at radius 2 is 1.63 bits per heavy atom. The molecule has 1 aliphatic carbocycles. The predicted molar refractivity (Wildman–Crippen MR) is 77.4 cm³/mol. The van der Waals surface area contributed by atoms with Crippen molar-refractivity contribution in [3.05, 3.63) is 29.8 Å². The molecule has 0 atom stereocenters. The summed E-state index contributed by atoms with van der Waals surface area (Å²) < 4.78 is 27.4. The molecule has 3 nitrogen and oxygen atoms in total. The predicted octanol–water partition coefficient (Wildman–Crippen LogP) is 2.96. The minimum absolute atomic E-state index is 0.196. The molecule has 0 radical (unpaired) electrons. The molecule has 0 aromatic heterocycles. The molecule has 0 spiro atoms. The van der Waals surface area contributed by atoms with Gasteiger partial charge in [-0.2, -0.15) is 0 Å². The summed E-state index contributed by atoms with van der Waals surface area (Å²) in [7, 11) is -3.40. The van der Waals surface area contributed by atoms with Gasteiger partial charge in [0.15, 0.2) is 0 Å². The SMILES string of the molecule is Cc1ccccc1S(=O)(=O)NCC1C(C)(C)C1(C)C. The lowest BCUT2D eigenvalue weighted by Crippen LogP contribution is -2.27. The Balaban J connectivity index is 2.11. The molecule has 4 heteroatoms. The van der Waals surface area contributed by atoms with Crippen molar-refractivity contribution in [2.75, 3.05) is 6.54 Å². The molecule has 1 aromatic rings. The Morgan fingerprint density at radius 3 is 2.11 bits per heavy atom. The average molecular weight is 281 g/mol. The highest BCUT2D eigenvalue weighted by Gasteiger charge is 2.64. The maximum absolute atomic E-state index is 12.3. The second-order valence-corrected chi connectivity index (χ2v) is 8.35. The fraction of sp³-hybridized carbons (Fsp3) is 0.600. The van der Waals surface area contributed by atoms with E-state index in [1.54, 1.807) is 12.1 Å². The Bertz CT molecular complexity index is 574. The zero-order chi connectivity index (χ0) is 14.5. The van der Waals surface area contributed by atoms with Crippen LogP contribution in [0.5, 0.6) is 0 Å². The van der Waals surface area contributed by atoms with E-state index >= 15 is 0 Å². The molecule has 1 saturated carbocycles. The van der Waals surface area contributed by atoms with Gasteiger partial charge in [0.05, 0.1) is 4.90 Å². The van der Waals surface area contributed by atoms with Gasteiger partial charge in [-0.3, -0.25) is 0 Å². The Kier molecular flexibility index (Phi) is 3.30. The van der Waals surface area contributed by atoms with Crippen LogP contribution in [0.1, 0.15) is 33.3 Å². The Labute approximate surface area is 116 Å². The van der Waals surface area contributed by atoms with E-state index in [0.717, 1.165) is 5.56 Å². The minimum Gasteiger partial charge on any atom is -0.211 e. The summed E-state index contributed by atoms with van der Waals surface area (Å²) >= 11 is 0. The van der Waals surface area contributed by atoms with Gasteiger partial charge in [-0.25, -0.2) is 13.1 Å². The van der Waals surface area contributed by atoms with Gasteiger partial charge in [-0.1, -0.05) is 45.9 Å². The van der Waals surface area contributed by atoms with E-state index < -0.39 is 10.0 Å². The standard InChI is InChI=1S/C15H23NO2S/c1-11-8-6-7-9-12(11)19(17,18)16-10-13-14(2,3)15(13,4)5/h6-9,13,16H,10H2,1-5H3. The van der Waals surface area contributed by atoms with Gasteiger partial charge in [0.2, 0.25) is 10.0 Å². The Hall–Kier alpha value is -0.870. The second-order valence-electron chi connectivity index (χ2n) is 6.61. The number of nitrogens with one attached hydrogen (secondary N) is 1. The number of rotatable bonds is 4. The largest absolute Gasteiger partial charge is 0.240 e. The third-order valence-corrected chi connectivity index (χ3v) is 6.76. The highest BCUT2D eigenvalue weighted by molar-refractivity contribution is 7.89. The van der Waals surface area contributed by atoms with Crippen molar-refractivity contribution in [1.82, 2.24) is 4.72 Å². The van der Waals surface area contributed by atoms with E-state index in [9.17, 15) is 8.42 Å². The summed E-state index contributed by atoms with van der Waals surface area (Å²) in [5.41, 5.74) is 1.17. The summed E-state index contributed by atoms with van der Waals surface area (Å²) in [5.74, 6) is 0.388. The number of sulfonamides is 1. The van der Waals surface area contributed by atoms with Gasteiger partial charge in [-0.05, 0) is 35.3 Å². The summed E-state index contributed by atoms with van der Waals surface area (Å²) in [6, 6.07) is 7.08. The first kappa shape index (κ1) is 14.5. The zero-order valence-electron chi connectivity index (χ0n) is 12.3. The highest BCUT2D eigenvalue weighted by Crippen LogP contribution is 2.67. The van der Waals surface area contributed by atoms with Crippen LogP contribution in [0.25, 0.3) is 0 Å². The number of benzene rings is 1. The molecule has 0 aliphatic heterocycles. The first-order valence-corrected chi connectivity index (χ1v) is 8.14. The van der Waals surface area contributed by atoms with E-state index in [2.05, 4.69) is 32.4 Å². The van der Waals surface area contributed by atoms with Crippen LogP contribution in [0.3, 0.4) is 0 Å². The third-order valence-electron chi connectivity index (χ3n) is 5.18. The maximum atomic E-state index is 12.3. The average Bonchev–Trinajstić information content (AvgIpc) is 2.67. The molecule has 0 saturated heterocycles. The van der Waals surface area contributed by atoms with Crippen LogP contribution in [0, 0.1) is 23.7 Å². The van der Waals surface area contributed by atoms with Crippen molar-refractivity contribution >= 4 is 10.0 Å². The molecule has 19 heavy (non-hydrogen) atoms. The molecule has 1 aliphatic rings. The normalized spacial score (nSPS) is 21.3. The molecule has 1 aromatic carbocycles. The van der Waals surface area contributed by atoms with Crippen molar-refractivity contribution in [1.29, 1.82) is 0 Å². The van der Waals surface area contributed by atoms with Crippen LogP contribution in [-0.4, -0.2) is 15.0 Å². The van der Waals surface area contributed by atoms with Gasteiger partial charge < -0.3 is 0 Å². The van der Waals surface area contributed by atoms with Crippen LogP contribution in [-0.2, 0) is 10.0 Å². The van der Waals surface area contributed by atoms with E-state index in [0.29, 0.717) is 17.4 Å². The number of hydrogen-bond acceptors (Lipinski definition) is 2. The minimum atomic E-state index is -3.40. The monoisotopic (exact) mass is 281 g/mol. The maximum Gasteiger partial charge on any atom is 0.240 e. The molecule has 106 valence electrons. The quantitative estimate of drug-likeness (QED) is 0.922. The highest BCUT2D eigenvalue weighted by atomic mass is 32.2. The van der Waals surface area contributed by atoms with E-state index in [-0.39, 0.29) is 10.8 Å². The van der Waals surface area contributed by atoms with Gasteiger partial charge in [-0.15, -0.1) is 0 Å². The molecule has 0 heterocycles. The molecular weight excluding hydrogens is 258 g/mol. The number of hydrogen-bond donors (Lipinski definition) is 1. The van der Waals surface area contributed by atoms with Crippen molar-refractivity contribution in [3.63, 3.8) is 0 Å². The smallest absolute Gasteiger partial charge is 0.211 e. The fourth-order valence-corrected chi connectivity index (χ4v) is 4.26. The molecule has 0 bridgehead atoms. The van der Waals surface area contributed by atoms with Gasteiger partial charge in [0, 0.05) is 6.54 Å². The second kappa shape index (κ2) is 4.32. The number of aryl methyl sites for hydroxylation is 1. The van der Waals surface area contributed by atoms with Crippen molar-refractivity contribution < 1.29 is 8.42 Å². The topological polar surface area (TPSA) is 46.2 Å². The zero-order valence-corrected chi connectivity index (χ0v) is 13.1. The summed E-state index contributed by atoms with van der Waals surface area (Å²) in [6.07, 6.45) is 0. The van der Waals surface area contributed by atoms with Crippen molar-refractivity contribution in [3.8, 4) is 0 Å². The first-order chi connectivity index (χ1) is 8.61. The van der Waals surface area contributed by atoms with E-state index in [1.165, 1.54) is 0 Å². The van der Waals surface area contributed by atoms with Crippen LogP contribution < -0.4 is 4.72 Å². The molecule has 0 amide bonds. The lowest BCUT2D eigenvalue weighted by Gasteiger charge is -2.09. The first-order valence-electron chi connectivity index (χ1n) is 6.66. The van der Waals surface area contributed by atoms with Gasteiger partial charge in [0.25, 0.3) is 0 Å². The lowest BCUT2D eigenvalue weighted by atomic mass is 10.0. The Morgan fingerprint density at radius 1 is 1.11 bits per heavy atom. The van der Waals surface area contributed by atoms with Crippen molar-refractivity contribution in [2.45, 2.75) is 39.5 Å². The summed E-state index contributed by atoms with van der Waals surface area (Å²) in [5, 5.41) is 0. The van der Waals surface area contributed by atoms with Crippen LogP contribution in [0.4, 0.5) is 0 Å². The molecule has 1 N–H and O–H groups in total. The van der Waals surface area contributed by atoms with Gasteiger partial charge in [0.1, 0.15) is 0 Å². The molecule has 2 rings (SSSR count). The van der Waals surface area contributed by atoms with Crippen molar-refractivity contribution in [2.24, 2.45) is 16.7 Å². The van der Waals surface area contributed by atoms with E-state index in [4.69, 9.17) is 0 Å².